The number of nitrogens with one attached hydrogen (secondary N) is 1. The Balaban J connectivity index is 2.11. The Labute approximate surface area is 107 Å². The molecule has 0 aliphatic carbocycles. The quantitative estimate of drug-likeness (QED) is 0.659. The number of benzene rings is 1. The summed E-state index contributed by atoms with van der Waals surface area (Å²) in [6, 6.07) is 4.95. The highest BCUT2D eigenvalue weighted by molar-refractivity contribution is 8.14. The fraction of sp³-hybridized carbons (Fsp3) is 0.273. The zero-order chi connectivity index (χ0) is 13.1. The number of hydrogen-bond acceptors (Lipinski definition) is 5. The van der Waals surface area contributed by atoms with Crippen molar-refractivity contribution < 1.29 is 14.5 Å². The number of carbonyl (C=O) groups is 2. The predicted molar refractivity (Wildman–Crippen MR) is 66.4 cm³/mol. The van der Waals surface area contributed by atoms with Crippen LogP contribution in [-0.4, -0.2) is 27.7 Å². The van der Waals surface area contributed by atoms with Gasteiger partial charge in [-0.05, 0) is 12.5 Å². The van der Waals surface area contributed by atoms with Gasteiger partial charge >= 0.3 is 0 Å². The van der Waals surface area contributed by atoms with Gasteiger partial charge in [0.25, 0.3) is 11.6 Å². The summed E-state index contributed by atoms with van der Waals surface area (Å²) in [6.45, 7) is 0. The van der Waals surface area contributed by atoms with Crippen molar-refractivity contribution in [1.29, 1.82) is 0 Å². The number of rotatable bonds is 3. The minimum atomic E-state index is -0.562. The number of thioether (sulfide) groups is 1. The van der Waals surface area contributed by atoms with Gasteiger partial charge in [-0.1, -0.05) is 17.8 Å². The molecule has 1 aliphatic heterocycles. The summed E-state index contributed by atoms with van der Waals surface area (Å²) in [6.07, 6.45) is 0.601. The number of hydrogen-bond donors (Lipinski definition) is 1. The second kappa shape index (κ2) is 5.18. The average Bonchev–Trinajstić information content (AvgIpc) is 2.75. The van der Waals surface area contributed by atoms with Gasteiger partial charge in [0.05, 0.1) is 11.0 Å². The summed E-state index contributed by atoms with van der Waals surface area (Å²) in [5.74, 6) is 0.234. The molecule has 1 N–H and O–H groups in total. The van der Waals surface area contributed by atoms with E-state index in [4.69, 9.17) is 0 Å². The number of nitrogens with zero attached hydrogens (tertiary/aromatic N) is 1. The van der Waals surface area contributed by atoms with E-state index in [0.29, 0.717) is 12.2 Å². The summed E-state index contributed by atoms with van der Waals surface area (Å²) in [4.78, 5) is 33.2. The van der Waals surface area contributed by atoms with Gasteiger partial charge in [-0.3, -0.25) is 19.7 Å². The second-order valence-corrected chi connectivity index (χ2v) is 4.89. The molecule has 6 nitrogen and oxygen atoms in total. The molecule has 1 aromatic rings. The lowest BCUT2D eigenvalue weighted by Gasteiger charge is -2.09. The minimum absolute atomic E-state index is 0.0613. The van der Waals surface area contributed by atoms with Crippen molar-refractivity contribution in [3.05, 3.63) is 39.9 Å². The number of nitro benzene ring substituents is 1. The molecule has 1 aromatic carbocycles. The van der Waals surface area contributed by atoms with Crippen LogP contribution in [0.1, 0.15) is 16.8 Å². The Morgan fingerprint density at radius 2 is 2.28 bits per heavy atom. The largest absolute Gasteiger partial charge is 0.341 e. The van der Waals surface area contributed by atoms with Gasteiger partial charge in [-0.2, -0.15) is 0 Å². The third-order valence-corrected chi connectivity index (χ3v) is 3.57. The van der Waals surface area contributed by atoms with Crippen LogP contribution in [-0.2, 0) is 4.79 Å². The monoisotopic (exact) mass is 266 g/mol. The normalized spacial score (nSPS) is 18.7. The average molecular weight is 266 g/mol. The molecule has 1 heterocycles. The number of nitro groups is 1. The van der Waals surface area contributed by atoms with E-state index < -0.39 is 16.9 Å². The maximum Gasteiger partial charge on any atom is 0.270 e. The Bertz CT molecular complexity index is 518. The standard InChI is InChI=1S/C11H10N2O4S/c14-10(12-9-4-5-18-11(9)15)7-2-1-3-8(6-7)13(16)17/h1-3,6,9H,4-5H2,(H,12,14). The zero-order valence-corrected chi connectivity index (χ0v) is 10.1. The first-order chi connectivity index (χ1) is 8.58. The van der Waals surface area contributed by atoms with E-state index in [1.54, 1.807) is 0 Å². The number of non-ortho nitro benzene ring substituents is 1. The lowest BCUT2D eigenvalue weighted by molar-refractivity contribution is -0.384. The molecule has 7 heteroatoms. The van der Waals surface area contributed by atoms with E-state index in [1.807, 2.05) is 0 Å². The predicted octanol–water partition coefficient (Wildman–Crippen LogP) is 1.36. The fourth-order valence-electron chi connectivity index (χ4n) is 1.63. The van der Waals surface area contributed by atoms with Crippen LogP contribution >= 0.6 is 11.8 Å². The lowest BCUT2D eigenvalue weighted by Crippen LogP contribution is -2.37. The summed E-state index contributed by atoms with van der Waals surface area (Å²) < 4.78 is 0. The van der Waals surface area contributed by atoms with Crippen LogP contribution in [0.2, 0.25) is 0 Å². The van der Waals surface area contributed by atoms with E-state index in [-0.39, 0.29) is 16.4 Å². The van der Waals surface area contributed by atoms with Gasteiger partial charge in [0.1, 0.15) is 0 Å². The van der Waals surface area contributed by atoms with Crippen molar-refractivity contribution in [1.82, 2.24) is 5.32 Å². The van der Waals surface area contributed by atoms with E-state index in [9.17, 15) is 19.7 Å². The SMILES string of the molecule is O=C(NC1CCSC1=O)c1cccc([N+](=O)[O-])c1. The zero-order valence-electron chi connectivity index (χ0n) is 9.29. The third-order valence-electron chi connectivity index (χ3n) is 2.56. The molecule has 1 amide bonds. The molecule has 2 rings (SSSR count). The highest BCUT2D eigenvalue weighted by atomic mass is 32.2. The molecule has 0 aromatic heterocycles. The van der Waals surface area contributed by atoms with E-state index >= 15 is 0 Å². The molecule has 1 atom stereocenters. The summed E-state index contributed by atoms with van der Waals surface area (Å²) >= 11 is 1.19. The molecule has 1 saturated heterocycles. The highest BCUT2D eigenvalue weighted by Gasteiger charge is 2.27. The Kier molecular flexibility index (Phi) is 3.61. The van der Waals surface area contributed by atoms with Crippen LogP contribution in [0.3, 0.4) is 0 Å². The van der Waals surface area contributed by atoms with E-state index in [2.05, 4.69) is 5.32 Å². The summed E-state index contributed by atoms with van der Waals surface area (Å²) in [7, 11) is 0. The van der Waals surface area contributed by atoms with Crippen LogP contribution in [0.25, 0.3) is 0 Å². The number of carbonyl (C=O) groups excluding carboxylic acids is 2. The third kappa shape index (κ3) is 2.67. The highest BCUT2D eigenvalue weighted by Crippen LogP contribution is 2.20. The molecular weight excluding hydrogens is 256 g/mol. The van der Waals surface area contributed by atoms with Crippen LogP contribution in [0.4, 0.5) is 5.69 Å². The number of amides is 1. The van der Waals surface area contributed by atoms with Crippen LogP contribution in [0, 0.1) is 10.1 Å². The molecule has 18 heavy (non-hydrogen) atoms. The van der Waals surface area contributed by atoms with Gasteiger partial charge in [0, 0.05) is 23.4 Å². The Hall–Kier alpha value is -1.89. The first kappa shape index (κ1) is 12.6. The smallest absolute Gasteiger partial charge is 0.270 e. The van der Waals surface area contributed by atoms with Gasteiger partial charge in [0.15, 0.2) is 0 Å². The first-order valence-electron chi connectivity index (χ1n) is 5.30. The lowest BCUT2D eigenvalue weighted by atomic mass is 10.1. The van der Waals surface area contributed by atoms with Crippen molar-refractivity contribution >= 4 is 28.5 Å². The van der Waals surface area contributed by atoms with Gasteiger partial charge in [-0.25, -0.2) is 0 Å². The molecule has 1 unspecified atom stereocenters. The second-order valence-electron chi connectivity index (χ2n) is 3.79. The van der Waals surface area contributed by atoms with Crippen molar-refractivity contribution in [3.63, 3.8) is 0 Å². The van der Waals surface area contributed by atoms with Gasteiger partial charge < -0.3 is 5.32 Å². The molecule has 0 saturated carbocycles. The fourth-order valence-corrected chi connectivity index (χ4v) is 2.56. The minimum Gasteiger partial charge on any atom is -0.341 e. The molecule has 0 spiro atoms. The van der Waals surface area contributed by atoms with Crippen LogP contribution in [0.5, 0.6) is 0 Å². The van der Waals surface area contributed by atoms with E-state index in [0.717, 1.165) is 0 Å². The Morgan fingerprint density at radius 1 is 1.50 bits per heavy atom. The van der Waals surface area contributed by atoms with Crippen molar-refractivity contribution in [2.24, 2.45) is 0 Å². The van der Waals surface area contributed by atoms with Crippen molar-refractivity contribution in [3.8, 4) is 0 Å². The first-order valence-corrected chi connectivity index (χ1v) is 6.28. The van der Waals surface area contributed by atoms with Crippen molar-refractivity contribution in [2.45, 2.75) is 12.5 Å². The summed E-state index contributed by atoms with van der Waals surface area (Å²) in [5.41, 5.74) is 0.0451. The molecule has 1 aliphatic rings. The maximum atomic E-state index is 11.8. The molecule has 0 radical (unpaired) electrons. The van der Waals surface area contributed by atoms with E-state index in [1.165, 1.54) is 36.0 Å². The molecule has 1 fully saturated rings. The summed E-state index contributed by atoms with van der Waals surface area (Å²) in [5, 5.41) is 13.1. The van der Waals surface area contributed by atoms with Crippen LogP contribution in [0.15, 0.2) is 24.3 Å². The molecule has 0 bridgehead atoms. The van der Waals surface area contributed by atoms with Crippen LogP contribution < -0.4 is 5.32 Å². The van der Waals surface area contributed by atoms with Gasteiger partial charge in [0.2, 0.25) is 5.12 Å². The Morgan fingerprint density at radius 3 is 2.89 bits per heavy atom. The topological polar surface area (TPSA) is 89.3 Å². The maximum absolute atomic E-state index is 11.8. The van der Waals surface area contributed by atoms with Crippen molar-refractivity contribution in [2.75, 3.05) is 5.75 Å². The van der Waals surface area contributed by atoms with Gasteiger partial charge in [-0.15, -0.1) is 0 Å². The molecule has 94 valence electrons. The molecular formula is C11H10N2O4S.